The predicted molar refractivity (Wildman–Crippen MR) is 113 cm³/mol. The normalized spacial score (nSPS) is 19.5. The third-order valence-corrected chi connectivity index (χ3v) is 5.59. The molecule has 3 rings (SSSR count). The Hall–Kier alpha value is -1.89. The van der Waals surface area contributed by atoms with E-state index in [1.165, 1.54) is 30.0 Å². The quantitative estimate of drug-likeness (QED) is 0.555. The van der Waals surface area contributed by atoms with Crippen molar-refractivity contribution in [2.24, 2.45) is 0 Å². The highest BCUT2D eigenvalue weighted by Gasteiger charge is 2.55. The Morgan fingerprint density at radius 2 is 1.64 bits per heavy atom. The highest BCUT2D eigenvalue weighted by Crippen LogP contribution is 2.36. The number of amides is 3. The maximum atomic E-state index is 13.4. The number of ketones is 1. The average Bonchev–Trinajstić information content (AvgIpc) is 2.77. The molecule has 0 saturated carbocycles. The number of urea groups is 1. The van der Waals surface area contributed by atoms with Crippen molar-refractivity contribution < 1.29 is 14.4 Å². The lowest BCUT2D eigenvalue weighted by atomic mass is 9.91. The van der Waals surface area contributed by atoms with Crippen LogP contribution in [-0.4, -0.2) is 34.7 Å². The van der Waals surface area contributed by atoms with E-state index in [1.54, 1.807) is 6.92 Å². The molecule has 1 aliphatic rings. The summed E-state index contributed by atoms with van der Waals surface area (Å²) in [4.78, 5) is 40.7. The molecule has 28 heavy (non-hydrogen) atoms. The van der Waals surface area contributed by atoms with E-state index in [9.17, 15) is 14.4 Å². The minimum absolute atomic E-state index is 0.164. The molecule has 1 heterocycles. The van der Waals surface area contributed by atoms with Crippen molar-refractivity contribution in [1.82, 2.24) is 4.90 Å². The lowest BCUT2D eigenvalue weighted by Gasteiger charge is -2.31. The number of halogens is 3. The van der Waals surface area contributed by atoms with Gasteiger partial charge in [-0.05, 0) is 49.7 Å². The fraction of sp³-hybridized carbons (Fsp3) is 0.250. The molecule has 3 amide bonds. The highest BCUT2D eigenvalue weighted by atomic mass is 79.9. The SMILES string of the molecule is CC(=O)CN1C(=O)N(c2cc(Cl)cc(Cl)c2)C(=O)[C@@]1(C)Cc1ccc(Br)cc1. The number of hydrogen-bond acceptors (Lipinski definition) is 3. The molecule has 8 heteroatoms. The van der Waals surface area contributed by atoms with Crippen LogP contribution < -0.4 is 4.90 Å². The van der Waals surface area contributed by atoms with Crippen molar-refractivity contribution in [2.45, 2.75) is 25.8 Å². The zero-order valence-corrected chi connectivity index (χ0v) is 18.3. The van der Waals surface area contributed by atoms with E-state index in [0.717, 1.165) is 14.9 Å². The number of carbonyl (C=O) groups excluding carboxylic acids is 3. The van der Waals surface area contributed by atoms with Gasteiger partial charge in [0.15, 0.2) is 0 Å². The summed E-state index contributed by atoms with van der Waals surface area (Å²) >= 11 is 15.5. The molecule has 1 atom stereocenters. The van der Waals surface area contributed by atoms with Gasteiger partial charge in [-0.1, -0.05) is 51.3 Å². The van der Waals surface area contributed by atoms with Crippen molar-refractivity contribution in [3.63, 3.8) is 0 Å². The molecule has 5 nitrogen and oxygen atoms in total. The van der Waals surface area contributed by atoms with Gasteiger partial charge >= 0.3 is 6.03 Å². The number of Topliss-reactive ketones (excluding diaryl/α,β-unsaturated/α-hetero) is 1. The molecule has 0 N–H and O–H groups in total. The molecule has 1 fully saturated rings. The second-order valence-corrected chi connectivity index (χ2v) is 8.70. The van der Waals surface area contributed by atoms with Crippen LogP contribution in [0.4, 0.5) is 10.5 Å². The Bertz CT molecular complexity index is 944. The summed E-state index contributed by atoms with van der Waals surface area (Å²) in [5.74, 6) is -0.644. The third-order valence-electron chi connectivity index (χ3n) is 4.63. The maximum Gasteiger partial charge on any atom is 0.332 e. The summed E-state index contributed by atoms with van der Waals surface area (Å²) < 4.78 is 0.908. The first-order valence-corrected chi connectivity index (χ1v) is 10.0. The average molecular weight is 484 g/mol. The Balaban J connectivity index is 2.05. The van der Waals surface area contributed by atoms with Gasteiger partial charge in [-0.25, -0.2) is 9.69 Å². The first-order valence-electron chi connectivity index (χ1n) is 8.48. The summed E-state index contributed by atoms with van der Waals surface area (Å²) in [5.41, 5.74) is -0.0716. The van der Waals surface area contributed by atoms with E-state index in [0.29, 0.717) is 10.0 Å². The lowest BCUT2D eigenvalue weighted by Crippen LogP contribution is -2.50. The molecule has 0 aromatic heterocycles. The van der Waals surface area contributed by atoms with Gasteiger partial charge in [0.25, 0.3) is 5.91 Å². The molecular formula is C20H17BrCl2N2O3. The van der Waals surface area contributed by atoms with Crippen LogP contribution in [0.2, 0.25) is 10.0 Å². The Labute approximate surface area is 181 Å². The van der Waals surface area contributed by atoms with Crippen LogP contribution in [0.3, 0.4) is 0 Å². The summed E-state index contributed by atoms with van der Waals surface area (Å²) in [6, 6.07) is 11.4. The Morgan fingerprint density at radius 3 is 2.18 bits per heavy atom. The molecule has 146 valence electrons. The smallest absolute Gasteiger partial charge is 0.302 e. The number of rotatable bonds is 5. The molecular weight excluding hydrogens is 467 g/mol. The largest absolute Gasteiger partial charge is 0.332 e. The Kier molecular flexibility index (Phi) is 5.84. The fourth-order valence-corrected chi connectivity index (χ4v) is 4.09. The number of nitrogens with zero attached hydrogens (tertiary/aromatic N) is 2. The summed E-state index contributed by atoms with van der Waals surface area (Å²) in [7, 11) is 0. The predicted octanol–water partition coefficient (Wildman–Crippen LogP) is 5.11. The molecule has 2 aromatic carbocycles. The lowest BCUT2D eigenvalue weighted by molar-refractivity contribution is -0.125. The van der Waals surface area contributed by atoms with Crippen LogP contribution in [0.25, 0.3) is 0 Å². The molecule has 1 saturated heterocycles. The standard InChI is InChI=1S/C20H17BrCl2N2O3/c1-12(26)11-24-19(28)25(17-8-15(22)7-16(23)9-17)18(27)20(24,2)10-13-3-5-14(21)6-4-13/h3-9H,10-11H2,1-2H3/t20-/m1/s1. The van der Waals surface area contributed by atoms with Gasteiger partial charge in [0.1, 0.15) is 11.3 Å². The van der Waals surface area contributed by atoms with Gasteiger partial charge in [0.05, 0.1) is 12.2 Å². The molecule has 0 aliphatic carbocycles. The molecule has 2 aromatic rings. The summed E-state index contributed by atoms with van der Waals surface area (Å²) in [6.07, 6.45) is 0.267. The van der Waals surface area contributed by atoms with Crippen LogP contribution in [0, 0.1) is 0 Å². The summed E-state index contributed by atoms with van der Waals surface area (Å²) in [6.45, 7) is 2.89. The zero-order chi connectivity index (χ0) is 20.6. The molecule has 1 aliphatic heterocycles. The van der Waals surface area contributed by atoms with E-state index < -0.39 is 17.5 Å². The molecule has 0 bridgehead atoms. The van der Waals surface area contributed by atoms with Gasteiger partial charge in [0, 0.05) is 20.9 Å². The third kappa shape index (κ3) is 3.95. The number of hydrogen-bond donors (Lipinski definition) is 0. The first-order chi connectivity index (χ1) is 13.1. The van der Waals surface area contributed by atoms with Crippen LogP contribution in [0.5, 0.6) is 0 Å². The topological polar surface area (TPSA) is 57.7 Å². The number of anilines is 1. The van der Waals surface area contributed by atoms with E-state index in [4.69, 9.17) is 23.2 Å². The molecule has 0 spiro atoms. The van der Waals surface area contributed by atoms with Crippen LogP contribution in [0.15, 0.2) is 46.9 Å². The van der Waals surface area contributed by atoms with E-state index in [1.807, 2.05) is 24.3 Å². The Morgan fingerprint density at radius 1 is 1.07 bits per heavy atom. The van der Waals surface area contributed by atoms with Gasteiger partial charge in [-0.2, -0.15) is 0 Å². The van der Waals surface area contributed by atoms with E-state index in [2.05, 4.69) is 15.9 Å². The number of carbonyl (C=O) groups is 3. The zero-order valence-electron chi connectivity index (χ0n) is 15.2. The van der Waals surface area contributed by atoms with Crippen molar-refractivity contribution in [3.8, 4) is 0 Å². The number of imide groups is 1. The highest BCUT2D eigenvalue weighted by molar-refractivity contribution is 9.10. The monoisotopic (exact) mass is 482 g/mol. The van der Waals surface area contributed by atoms with Gasteiger partial charge in [0.2, 0.25) is 0 Å². The fourth-order valence-electron chi connectivity index (χ4n) is 3.31. The van der Waals surface area contributed by atoms with E-state index >= 15 is 0 Å². The molecule has 0 unspecified atom stereocenters. The van der Waals surface area contributed by atoms with Crippen LogP contribution in [0.1, 0.15) is 19.4 Å². The maximum absolute atomic E-state index is 13.4. The number of benzene rings is 2. The van der Waals surface area contributed by atoms with Crippen molar-refractivity contribution in [2.75, 3.05) is 11.4 Å². The van der Waals surface area contributed by atoms with E-state index in [-0.39, 0.29) is 24.4 Å². The van der Waals surface area contributed by atoms with Gasteiger partial charge in [-0.3, -0.25) is 9.59 Å². The minimum atomic E-state index is -1.22. The summed E-state index contributed by atoms with van der Waals surface area (Å²) in [5, 5.41) is 0.616. The van der Waals surface area contributed by atoms with Gasteiger partial charge < -0.3 is 4.90 Å². The van der Waals surface area contributed by atoms with Crippen molar-refractivity contribution in [1.29, 1.82) is 0 Å². The van der Waals surface area contributed by atoms with Gasteiger partial charge in [-0.15, -0.1) is 0 Å². The second-order valence-electron chi connectivity index (χ2n) is 6.92. The molecule has 0 radical (unpaired) electrons. The minimum Gasteiger partial charge on any atom is -0.302 e. The van der Waals surface area contributed by atoms with Crippen molar-refractivity contribution >= 4 is 62.5 Å². The first kappa shape index (κ1) is 20.8. The second kappa shape index (κ2) is 7.85. The van der Waals surface area contributed by atoms with Crippen molar-refractivity contribution in [3.05, 3.63) is 62.5 Å². The van der Waals surface area contributed by atoms with Crippen LogP contribution in [-0.2, 0) is 16.0 Å². The van der Waals surface area contributed by atoms with Crippen LogP contribution >= 0.6 is 39.1 Å².